The molecular formula is C11H21NO3. The molecule has 1 unspecified atom stereocenters. The SMILES string of the molecule is COC(=O)C1CCN(CCOC(C)C)C1. The molecule has 0 amide bonds. The Labute approximate surface area is 91.5 Å². The van der Waals surface area contributed by atoms with Crippen LogP contribution in [-0.4, -0.2) is 50.3 Å². The van der Waals surface area contributed by atoms with Gasteiger partial charge in [-0.2, -0.15) is 0 Å². The molecule has 1 heterocycles. The Morgan fingerprint density at radius 3 is 2.87 bits per heavy atom. The van der Waals surface area contributed by atoms with E-state index in [1.54, 1.807) is 0 Å². The first-order valence-electron chi connectivity index (χ1n) is 5.55. The summed E-state index contributed by atoms with van der Waals surface area (Å²) in [7, 11) is 1.45. The van der Waals surface area contributed by atoms with E-state index in [0.717, 1.165) is 32.7 Å². The minimum atomic E-state index is -0.0812. The largest absolute Gasteiger partial charge is 0.469 e. The highest BCUT2D eigenvalue weighted by Crippen LogP contribution is 2.16. The lowest BCUT2D eigenvalue weighted by atomic mass is 10.1. The second kappa shape index (κ2) is 6.08. The molecule has 0 radical (unpaired) electrons. The third-order valence-electron chi connectivity index (χ3n) is 2.67. The van der Waals surface area contributed by atoms with Gasteiger partial charge < -0.3 is 14.4 Å². The van der Waals surface area contributed by atoms with Gasteiger partial charge in [-0.15, -0.1) is 0 Å². The van der Waals surface area contributed by atoms with Gasteiger partial charge >= 0.3 is 5.97 Å². The zero-order valence-corrected chi connectivity index (χ0v) is 9.86. The molecule has 1 atom stereocenters. The topological polar surface area (TPSA) is 38.8 Å². The van der Waals surface area contributed by atoms with Gasteiger partial charge in [-0.25, -0.2) is 0 Å². The zero-order valence-electron chi connectivity index (χ0n) is 9.86. The van der Waals surface area contributed by atoms with Crippen LogP contribution in [0.4, 0.5) is 0 Å². The number of esters is 1. The summed E-state index contributed by atoms with van der Waals surface area (Å²) in [4.78, 5) is 13.5. The first-order valence-corrected chi connectivity index (χ1v) is 5.55. The Hall–Kier alpha value is -0.610. The van der Waals surface area contributed by atoms with Crippen molar-refractivity contribution in [2.24, 2.45) is 5.92 Å². The summed E-state index contributed by atoms with van der Waals surface area (Å²) in [6.45, 7) is 7.50. The van der Waals surface area contributed by atoms with E-state index in [0.29, 0.717) is 0 Å². The van der Waals surface area contributed by atoms with Gasteiger partial charge in [-0.05, 0) is 26.8 Å². The molecule has 1 aliphatic heterocycles. The molecule has 0 aliphatic carbocycles. The fraction of sp³-hybridized carbons (Fsp3) is 0.909. The number of nitrogens with zero attached hydrogens (tertiary/aromatic N) is 1. The fourth-order valence-electron chi connectivity index (χ4n) is 1.81. The predicted molar refractivity (Wildman–Crippen MR) is 57.7 cm³/mol. The van der Waals surface area contributed by atoms with Crippen LogP contribution in [-0.2, 0) is 14.3 Å². The number of carbonyl (C=O) groups excluding carboxylic acids is 1. The molecule has 15 heavy (non-hydrogen) atoms. The van der Waals surface area contributed by atoms with E-state index in [-0.39, 0.29) is 18.0 Å². The molecule has 0 bridgehead atoms. The average Bonchev–Trinajstić information content (AvgIpc) is 2.65. The number of likely N-dealkylation sites (tertiary alicyclic amines) is 1. The minimum absolute atomic E-state index is 0.0639. The summed E-state index contributed by atoms with van der Waals surface area (Å²) < 4.78 is 10.2. The van der Waals surface area contributed by atoms with Crippen LogP contribution in [0.2, 0.25) is 0 Å². The number of ether oxygens (including phenoxy) is 2. The second-order valence-corrected chi connectivity index (χ2v) is 4.23. The van der Waals surface area contributed by atoms with Crippen LogP contribution in [0.1, 0.15) is 20.3 Å². The summed E-state index contributed by atoms with van der Waals surface area (Å²) >= 11 is 0. The second-order valence-electron chi connectivity index (χ2n) is 4.23. The van der Waals surface area contributed by atoms with E-state index in [2.05, 4.69) is 4.90 Å². The van der Waals surface area contributed by atoms with Crippen LogP contribution in [0.3, 0.4) is 0 Å². The number of rotatable bonds is 5. The van der Waals surface area contributed by atoms with Crippen molar-refractivity contribution in [3.05, 3.63) is 0 Å². The van der Waals surface area contributed by atoms with Crippen LogP contribution in [0.25, 0.3) is 0 Å². The summed E-state index contributed by atoms with van der Waals surface area (Å²) in [5, 5.41) is 0. The van der Waals surface area contributed by atoms with Gasteiger partial charge in [0.2, 0.25) is 0 Å². The van der Waals surface area contributed by atoms with Gasteiger partial charge in [-0.1, -0.05) is 0 Å². The number of hydrogen-bond acceptors (Lipinski definition) is 4. The van der Waals surface area contributed by atoms with Gasteiger partial charge in [0.25, 0.3) is 0 Å². The monoisotopic (exact) mass is 215 g/mol. The highest BCUT2D eigenvalue weighted by Gasteiger charge is 2.28. The standard InChI is InChI=1S/C11H21NO3/c1-9(2)15-7-6-12-5-4-10(8-12)11(13)14-3/h9-10H,4-8H2,1-3H3. The molecule has 0 aromatic carbocycles. The quantitative estimate of drug-likeness (QED) is 0.639. The Morgan fingerprint density at radius 1 is 1.53 bits per heavy atom. The van der Waals surface area contributed by atoms with Gasteiger partial charge in [0.15, 0.2) is 0 Å². The van der Waals surface area contributed by atoms with Crippen LogP contribution >= 0.6 is 0 Å². The fourth-order valence-corrected chi connectivity index (χ4v) is 1.81. The Kier molecular flexibility index (Phi) is 5.05. The van der Waals surface area contributed by atoms with Crippen molar-refractivity contribution in [3.8, 4) is 0 Å². The molecule has 0 aromatic heterocycles. The summed E-state index contributed by atoms with van der Waals surface area (Å²) in [6.07, 6.45) is 1.19. The van der Waals surface area contributed by atoms with Crippen molar-refractivity contribution in [1.82, 2.24) is 4.90 Å². The third kappa shape index (κ3) is 4.18. The van der Waals surface area contributed by atoms with Crippen molar-refractivity contribution in [3.63, 3.8) is 0 Å². The molecule has 0 N–H and O–H groups in total. The molecule has 4 nitrogen and oxygen atoms in total. The van der Waals surface area contributed by atoms with Crippen LogP contribution in [0.15, 0.2) is 0 Å². The molecule has 1 aliphatic rings. The van der Waals surface area contributed by atoms with E-state index in [1.165, 1.54) is 7.11 Å². The molecular weight excluding hydrogens is 194 g/mol. The minimum Gasteiger partial charge on any atom is -0.469 e. The Bertz CT molecular complexity index is 206. The maximum Gasteiger partial charge on any atom is 0.310 e. The van der Waals surface area contributed by atoms with Crippen molar-refractivity contribution >= 4 is 5.97 Å². The predicted octanol–water partition coefficient (Wildman–Crippen LogP) is 0.906. The summed E-state index contributed by atoms with van der Waals surface area (Å²) in [6, 6.07) is 0. The van der Waals surface area contributed by atoms with Gasteiger partial charge in [0.1, 0.15) is 0 Å². The first kappa shape index (κ1) is 12.5. The summed E-state index contributed by atoms with van der Waals surface area (Å²) in [5.41, 5.74) is 0. The average molecular weight is 215 g/mol. The van der Waals surface area contributed by atoms with Crippen molar-refractivity contribution in [2.45, 2.75) is 26.4 Å². The van der Waals surface area contributed by atoms with Crippen LogP contribution < -0.4 is 0 Å². The van der Waals surface area contributed by atoms with E-state index >= 15 is 0 Å². The normalized spacial score (nSPS) is 22.3. The zero-order chi connectivity index (χ0) is 11.3. The molecule has 0 spiro atoms. The number of carbonyl (C=O) groups is 1. The Balaban J connectivity index is 2.16. The maximum atomic E-state index is 11.3. The highest BCUT2D eigenvalue weighted by atomic mass is 16.5. The molecule has 0 aromatic rings. The van der Waals surface area contributed by atoms with Crippen LogP contribution in [0.5, 0.6) is 0 Å². The third-order valence-corrected chi connectivity index (χ3v) is 2.67. The van der Waals surface area contributed by atoms with E-state index in [4.69, 9.17) is 9.47 Å². The maximum absolute atomic E-state index is 11.3. The first-order chi connectivity index (χ1) is 7.13. The molecule has 1 saturated heterocycles. The number of methoxy groups -OCH3 is 1. The van der Waals surface area contributed by atoms with Crippen molar-refractivity contribution in [1.29, 1.82) is 0 Å². The highest BCUT2D eigenvalue weighted by molar-refractivity contribution is 5.72. The smallest absolute Gasteiger partial charge is 0.310 e. The lowest BCUT2D eigenvalue weighted by Crippen LogP contribution is -2.28. The molecule has 4 heteroatoms. The molecule has 1 fully saturated rings. The van der Waals surface area contributed by atoms with E-state index in [1.807, 2.05) is 13.8 Å². The van der Waals surface area contributed by atoms with Gasteiger partial charge in [0.05, 0.1) is 25.7 Å². The molecule has 1 rings (SSSR count). The van der Waals surface area contributed by atoms with Crippen LogP contribution in [0, 0.1) is 5.92 Å². The van der Waals surface area contributed by atoms with E-state index in [9.17, 15) is 4.79 Å². The van der Waals surface area contributed by atoms with Crippen molar-refractivity contribution in [2.75, 3.05) is 33.4 Å². The van der Waals surface area contributed by atoms with Crippen molar-refractivity contribution < 1.29 is 14.3 Å². The lowest BCUT2D eigenvalue weighted by Gasteiger charge is -2.16. The van der Waals surface area contributed by atoms with E-state index < -0.39 is 0 Å². The molecule has 88 valence electrons. The lowest BCUT2D eigenvalue weighted by molar-refractivity contribution is -0.144. The number of hydrogen-bond donors (Lipinski definition) is 0. The van der Waals surface area contributed by atoms with Gasteiger partial charge in [-0.3, -0.25) is 4.79 Å². The molecule has 0 saturated carbocycles. The summed E-state index contributed by atoms with van der Waals surface area (Å²) in [5.74, 6) is -0.0173. The van der Waals surface area contributed by atoms with Gasteiger partial charge in [0, 0.05) is 13.1 Å². The Morgan fingerprint density at radius 2 is 2.27 bits per heavy atom.